The molecule has 0 amide bonds. The van der Waals surface area contributed by atoms with Crippen LogP contribution in [0.3, 0.4) is 0 Å². The fourth-order valence-corrected chi connectivity index (χ4v) is 4.03. The number of H-pyrrole nitrogens is 1. The SMILES string of the molecule is COc1ccc(C(=O)c2cccc(Cl)c2)cc1OC(=O)CCC(=O)OC[C@@H]1C=C[C@H](n2cc(C)c(=O)[nH]c2=O)O1. The summed E-state index contributed by atoms with van der Waals surface area (Å²) in [5, 5.41) is 0.410. The summed E-state index contributed by atoms with van der Waals surface area (Å²) < 4.78 is 22.7. The lowest BCUT2D eigenvalue weighted by Crippen LogP contribution is -2.33. The Balaban J connectivity index is 1.28. The summed E-state index contributed by atoms with van der Waals surface area (Å²) in [6.07, 6.45) is 2.68. The second-order valence-electron chi connectivity index (χ2n) is 8.79. The fourth-order valence-electron chi connectivity index (χ4n) is 3.84. The monoisotopic (exact) mass is 568 g/mol. The zero-order valence-corrected chi connectivity index (χ0v) is 22.3. The molecular weight excluding hydrogens is 544 g/mol. The van der Waals surface area contributed by atoms with Crippen LogP contribution in [-0.2, 0) is 19.1 Å². The maximum Gasteiger partial charge on any atom is 0.330 e. The number of methoxy groups -OCH3 is 1. The molecule has 0 spiro atoms. The Kier molecular flexibility index (Phi) is 8.97. The van der Waals surface area contributed by atoms with Gasteiger partial charge in [0.2, 0.25) is 0 Å². The third-order valence-corrected chi connectivity index (χ3v) is 6.14. The summed E-state index contributed by atoms with van der Waals surface area (Å²) in [7, 11) is 1.39. The van der Waals surface area contributed by atoms with Crippen molar-refractivity contribution < 1.29 is 33.3 Å². The Bertz CT molecular complexity index is 1590. The Morgan fingerprint density at radius 1 is 1.00 bits per heavy atom. The zero-order valence-electron chi connectivity index (χ0n) is 21.5. The number of ketones is 1. The van der Waals surface area contributed by atoms with Gasteiger partial charge in [-0.15, -0.1) is 0 Å². The van der Waals surface area contributed by atoms with E-state index in [1.54, 1.807) is 37.3 Å². The number of nitrogens with zero attached hydrogens (tertiary/aromatic N) is 1. The van der Waals surface area contributed by atoms with Crippen molar-refractivity contribution in [3.8, 4) is 11.5 Å². The number of carbonyl (C=O) groups is 3. The predicted molar refractivity (Wildman–Crippen MR) is 143 cm³/mol. The first-order chi connectivity index (χ1) is 19.1. The molecule has 0 saturated carbocycles. The molecule has 0 bridgehead atoms. The first-order valence-electron chi connectivity index (χ1n) is 12.1. The van der Waals surface area contributed by atoms with E-state index in [0.29, 0.717) is 16.1 Å². The van der Waals surface area contributed by atoms with Crippen molar-refractivity contribution in [2.24, 2.45) is 0 Å². The maximum absolute atomic E-state index is 12.8. The average molecular weight is 569 g/mol. The van der Waals surface area contributed by atoms with E-state index in [2.05, 4.69) is 4.98 Å². The highest BCUT2D eigenvalue weighted by molar-refractivity contribution is 6.31. The highest BCUT2D eigenvalue weighted by Crippen LogP contribution is 2.30. The molecule has 0 saturated heterocycles. The molecule has 1 N–H and O–H groups in total. The fraction of sp³-hybridized carbons (Fsp3) is 0.250. The summed E-state index contributed by atoms with van der Waals surface area (Å²) in [5.41, 5.74) is -0.143. The van der Waals surface area contributed by atoms with Crippen LogP contribution in [0.1, 0.15) is 40.6 Å². The van der Waals surface area contributed by atoms with Gasteiger partial charge in [0, 0.05) is 27.9 Å². The highest BCUT2D eigenvalue weighted by atomic mass is 35.5. The number of halogens is 1. The molecule has 1 aromatic heterocycles. The number of benzene rings is 2. The largest absolute Gasteiger partial charge is 0.493 e. The van der Waals surface area contributed by atoms with Gasteiger partial charge in [0.1, 0.15) is 12.7 Å². The molecule has 1 aliphatic rings. The molecule has 4 rings (SSSR count). The van der Waals surface area contributed by atoms with Gasteiger partial charge in [0.05, 0.1) is 20.0 Å². The first-order valence-corrected chi connectivity index (χ1v) is 12.5. The molecular formula is C28H25ClN2O9. The van der Waals surface area contributed by atoms with E-state index in [9.17, 15) is 24.0 Å². The Labute approximate surface area is 232 Å². The standard InChI is InChI=1S/C28H25ClN2O9/c1-16-14-31(28(36)30-27(16)35)23-9-7-20(39-23)15-38-24(32)10-11-25(33)40-22-13-18(6-8-21(22)37-2)26(34)17-4-3-5-19(29)12-17/h3-9,12-14,20,23H,10-11,15H2,1-2H3,(H,30,35,36)/t20-,23+/m0/s1. The second-order valence-corrected chi connectivity index (χ2v) is 9.23. The van der Waals surface area contributed by atoms with Gasteiger partial charge >= 0.3 is 17.6 Å². The number of hydrogen-bond acceptors (Lipinski definition) is 9. The van der Waals surface area contributed by atoms with Crippen LogP contribution in [-0.4, -0.2) is 47.1 Å². The molecule has 12 heteroatoms. The molecule has 1 aliphatic heterocycles. The van der Waals surface area contributed by atoms with Crippen molar-refractivity contribution in [2.75, 3.05) is 13.7 Å². The lowest BCUT2D eigenvalue weighted by molar-refractivity contribution is -0.150. The molecule has 0 fully saturated rings. The number of aromatic nitrogens is 2. The van der Waals surface area contributed by atoms with Crippen LogP contribution in [0, 0.1) is 6.92 Å². The number of rotatable bonds is 10. The number of aromatic amines is 1. The van der Waals surface area contributed by atoms with E-state index >= 15 is 0 Å². The van der Waals surface area contributed by atoms with Gasteiger partial charge in [-0.05, 0) is 43.3 Å². The molecule has 3 aromatic rings. The van der Waals surface area contributed by atoms with Crippen molar-refractivity contribution in [2.45, 2.75) is 32.1 Å². The van der Waals surface area contributed by atoms with E-state index < -0.39 is 35.5 Å². The predicted octanol–water partition coefficient (Wildman–Crippen LogP) is 3.12. The maximum atomic E-state index is 12.8. The first kappa shape index (κ1) is 28.5. The summed E-state index contributed by atoms with van der Waals surface area (Å²) in [6.45, 7) is 1.42. The lowest BCUT2D eigenvalue weighted by Gasteiger charge is -2.16. The molecule has 208 valence electrons. The van der Waals surface area contributed by atoms with Crippen molar-refractivity contribution in [3.63, 3.8) is 0 Å². The van der Waals surface area contributed by atoms with E-state index in [0.717, 1.165) is 0 Å². The molecule has 0 unspecified atom stereocenters. The molecule has 0 radical (unpaired) electrons. The third kappa shape index (κ3) is 6.93. The Morgan fingerprint density at radius 3 is 2.50 bits per heavy atom. The summed E-state index contributed by atoms with van der Waals surface area (Å²) in [4.78, 5) is 63.3. The van der Waals surface area contributed by atoms with Crippen LogP contribution in [0.4, 0.5) is 0 Å². The van der Waals surface area contributed by atoms with Crippen molar-refractivity contribution in [1.29, 1.82) is 0 Å². The highest BCUT2D eigenvalue weighted by Gasteiger charge is 2.24. The van der Waals surface area contributed by atoms with Crippen LogP contribution in [0.5, 0.6) is 11.5 Å². The van der Waals surface area contributed by atoms with Crippen LogP contribution in [0.15, 0.2) is 70.4 Å². The minimum Gasteiger partial charge on any atom is -0.493 e. The lowest BCUT2D eigenvalue weighted by atomic mass is 10.0. The number of ether oxygens (including phenoxy) is 4. The topological polar surface area (TPSA) is 143 Å². The van der Waals surface area contributed by atoms with Crippen molar-refractivity contribution in [1.82, 2.24) is 9.55 Å². The summed E-state index contributed by atoms with van der Waals surface area (Å²) in [5.74, 6) is -1.46. The Morgan fingerprint density at radius 2 is 1.75 bits per heavy atom. The third-order valence-electron chi connectivity index (χ3n) is 5.90. The van der Waals surface area contributed by atoms with Gasteiger partial charge in [-0.2, -0.15) is 0 Å². The number of nitrogens with one attached hydrogen (secondary N) is 1. The Hall–Kier alpha value is -4.48. The second kappa shape index (κ2) is 12.6. The van der Waals surface area contributed by atoms with Gasteiger partial charge in [-0.1, -0.05) is 29.8 Å². The van der Waals surface area contributed by atoms with E-state index in [1.165, 1.54) is 42.1 Å². The molecule has 2 atom stereocenters. The smallest absolute Gasteiger partial charge is 0.330 e. The van der Waals surface area contributed by atoms with Crippen molar-refractivity contribution >= 4 is 29.3 Å². The van der Waals surface area contributed by atoms with Gasteiger partial charge in [0.25, 0.3) is 5.56 Å². The van der Waals surface area contributed by atoms with Gasteiger partial charge in [-0.3, -0.25) is 28.7 Å². The number of aryl methyl sites for hydroxylation is 1. The molecule has 40 heavy (non-hydrogen) atoms. The van der Waals surface area contributed by atoms with Crippen LogP contribution in [0.25, 0.3) is 0 Å². The van der Waals surface area contributed by atoms with Gasteiger partial charge < -0.3 is 18.9 Å². The molecule has 2 aromatic carbocycles. The normalized spacial score (nSPS) is 16.0. The van der Waals surface area contributed by atoms with Crippen molar-refractivity contribution in [3.05, 3.63) is 103 Å². The van der Waals surface area contributed by atoms with Gasteiger partial charge in [-0.25, -0.2) is 4.79 Å². The van der Waals surface area contributed by atoms with Crippen LogP contribution < -0.4 is 20.7 Å². The van der Waals surface area contributed by atoms with Crippen LogP contribution in [0.2, 0.25) is 5.02 Å². The quantitative estimate of drug-likeness (QED) is 0.169. The molecule has 11 nitrogen and oxygen atoms in total. The summed E-state index contributed by atoms with van der Waals surface area (Å²) >= 11 is 5.98. The van der Waals surface area contributed by atoms with Gasteiger partial charge in [0.15, 0.2) is 23.5 Å². The minimum atomic E-state index is -0.766. The number of hydrogen-bond donors (Lipinski definition) is 1. The number of carbonyl (C=O) groups excluding carboxylic acids is 3. The van der Waals surface area contributed by atoms with Crippen LogP contribution >= 0.6 is 11.6 Å². The minimum absolute atomic E-state index is 0.0250. The molecule has 0 aliphatic carbocycles. The zero-order chi connectivity index (χ0) is 28.8. The summed E-state index contributed by atoms with van der Waals surface area (Å²) in [6, 6.07) is 10.9. The van der Waals surface area contributed by atoms with E-state index in [-0.39, 0.29) is 42.3 Å². The van der Waals surface area contributed by atoms with E-state index in [4.69, 9.17) is 30.5 Å². The van der Waals surface area contributed by atoms with E-state index in [1.807, 2.05) is 0 Å². The average Bonchev–Trinajstić information content (AvgIpc) is 3.41. The molecule has 2 heterocycles. The number of esters is 2.